The Bertz CT molecular complexity index is 33.9. The highest BCUT2D eigenvalue weighted by atomic mass is 32.1. The minimum atomic E-state index is -0.0509. The highest BCUT2D eigenvalue weighted by molar-refractivity contribution is 7.79. The number of nitrogens with two attached hydrogens (primary N) is 1. The van der Waals surface area contributed by atoms with Crippen LogP contribution in [0.2, 0.25) is 0 Å². The molecule has 5 heavy (non-hydrogen) atoms. The lowest BCUT2D eigenvalue weighted by atomic mass is 10.4. The second kappa shape index (κ2) is 2.30. The van der Waals surface area contributed by atoms with Gasteiger partial charge in [0.25, 0.3) is 0 Å². The van der Waals surface area contributed by atoms with Gasteiger partial charge in [-0.25, -0.2) is 0 Å². The van der Waals surface area contributed by atoms with Crippen molar-refractivity contribution in [1.29, 1.82) is 0 Å². The highest BCUT2D eigenvalue weighted by Gasteiger charge is 1.76. The van der Waals surface area contributed by atoms with Gasteiger partial charge in [0.1, 0.15) is 0 Å². The molecular formula is C3H6NS. The quantitative estimate of drug-likeness (QED) is 0.464. The second-order valence-electron chi connectivity index (χ2n) is 0.907. The maximum absolute atomic E-state index is 5.08. The van der Waals surface area contributed by atoms with E-state index in [1.54, 1.807) is 6.92 Å². The summed E-state index contributed by atoms with van der Waals surface area (Å²) in [6.07, 6.45) is 0. The first kappa shape index (κ1) is 5.05. The topological polar surface area (TPSA) is 26.0 Å². The molecule has 0 aliphatic carbocycles. The van der Waals surface area contributed by atoms with E-state index in [0.29, 0.717) is 0 Å². The zero-order chi connectivity index (χ0) is 4.28. The lowest BCUT2D eigenvalue weighted by Crippen LogP contribution is -2.13. The first-order valence-corrected chi connectivity index (χ1v) is 1.81. The zero-order valence-electron chi connectivity index (χ0n) is 3.06. The van der Waals surface area contributed by atoms with Crippen LogP contribution in [0.4, 0.5) is 0 Å². The third-order valence-corrected chi connectivity index (χ3v) is 0.558. The SMILES string of the molecule is CC(N)[C]=S. The van der Waals surface area contributed by atoms with Crippen molar-refractivity contribution in [3.8, 4) is 0 Å². The fourth-order valence-corrected chi connectivity index (χ4v) is 0. The van der Waals surface area contributed by atoms with Gasteiger partial charge < -0.3 is 5.73 Å². The molecule has 2 N–H and O–H groups in total. The molecule has 0 amide bonds. The van der Waals surface area contributed by atoms with Gasteiger partial charge in [0, 0.05) is 11.4 Å². The minimum absolute atomic E-state index is 0.0509. The summed E-state index contributed by atoms with van der Waals surface area (Å²) in [7, 11) is 0. The Morgan fingerprint density at radius 1 is 2.00 bits per heavy atom. The molecule has 0 bridgehead atoms. The Kier molecular flexibility index (Phi) is 2.32. The Morgan fingerprint density at radius 3 is 2.20 bits per heavy atom. The van der Waals surface area contributed by atoms with Crippen molar-refractivity contribution in [2.45, 2.75) is 13.0 Å². The summed E-state index contributed by atoms with van der Waals surface area (Å²) in [4.78, 5) is 0. The molecule has 1 unspecified atom stereocenters. The molecule has 1 radical (unpaired) electrons. The Hall–Kier alpha value is 0.0500. The maximum atomic E-state index is 5.08. The van der Waals surface area contributed by atoms with Crippen molar-refractivity contribution in [3.63, 3.8) is 0 Å². The van der Waals surface area contributed by atoms with Crippen molar-refractivity contribution in [3.05, 3.63) is 0 Å². The summed E-state index contributed by atoms with van der Waals surface area (Å²) < 4.78 is 0. The van der Waals surface area contributed by atoms with E-state index in [2.05, 4.69) is 17.6 Å². The predicted octanol–water partition coefficient (Wildman–Crippen LogP) is 0.210. The third-order valence-electron chi connectivity index (χ3n) is 0.186. The van der Waals surface area contributed by atoms with Crippen molar-refractivity contribution >= 4 is 17.6 Å². The number of hydrogen-bond donors (Lipinski definition) is 1. The van der Waals surface area contributed by atoms with Crippen LogP contribution in [0.3, 0.4) is 0 Å². The molecule has 0 saturated heterocycles. The molecule has 0 aromatic rings. The van der Waals surface area contributed by atoms with E-state index in [-0.39, 0.29) is 6.04 Å². The van der Waals surface area contributed by atoms with Crippen molar-refractivity contribution in [2.24, 2.45) is 5.73 Å². The first-order valence-electron chi connectivity index (χ1n) is 1.40. The summed E-state index contributed by atoms with van der Waals surface area (Å²) in [5.74, 6) is 0. The van der Waals surface area contributed by atoms with Crippen LogP contribution in [0.1, 0.15) is 6.92 Å². The van der Waals surface area contributed by atoms with Gasteiger partial charge in [-0.2, -0.15) is 0 Å². The highest BCUT2D eigenvalue weighted by Crippen LogP contribution is 1.60. The van der Waals surface area contributed by atoms with Gasteiger partial charge in [0.05, 0.1) is 0 Å². The molecule has 0 aromatic heterocycles. The molecule has 1 atom stereocenters. The molecule has 0 spiro atoms. The van der Waals surface area contributed by atoms with Crippen molar-refractivity contribution in [1.82, 2.24) is 0 Å². The van der Waals surface area contributed by atoms with E-state index in [9.17, 15) is 0 Å². The van der Waals surface area contributed by atoms with Crippen LogP contribution < -0.4 is 5.73 Å². The number of thiocarbonyl (C=S) groups is 1. The Labute approximate surface area is 37.2 Å². The molecule has 1 nitrogen and oxygen atoms in total. The van der Waals surface area contributed by atoms with Gasteiger partial charge in [-0.05, 0) is 6.92 Å². The van der Waals surface area contributed by atoms with Crippen LogP contribution >= 0.6 is 12.2 Å². The fraction of sp³-hybridized carbons (Fsp3) is 0.667. The molecule has 0 fully saturated rings. The van der Waals surface area contributed by atoms with E-state index < -0.39 is 0 Å². The van der Waals surface area contributed by atoms with Gasteiger partial charge in [0.15, 0.2) is 0 Å². The van der Waals surface area contributed by atoms with Crippen LogP contribution in [0, 0.1) is 0 Å². The van der Waals surface area contributed by atoms with E-state index in [1.165, 1.54) is 0 Å². The standard InChI is InChI=1S/C3H6NS/c1-3(4)2-5/h3H,4H2,1H3. The van der Waals surface area contributed by atoms with Gasteiger partial charge in [0.2, 0.25) is 0 Å². The number of rotatable bonds is 1. The minimum Gasteiger partial charge on any atom is -0.323 e. The van der Waals surface area contributed by atoms with Gasteiger partial charge in [-0.15, -0.1) is 0 Å². The average Bonchev–Trinajstić information content (AvgIpc) is 1.38. The summed E-state index contributed by atoms with van der Waals surface area (Å²) in [6, 6.07) is -0.0509. The molecular weight excluding hydrogens is 82.1 g/mol. The van der Waals surface area contributed by atoms with Crippen LogP contribution in [0.15, 0.2) is 0 Å². The van der Waals surface area contributed by atoms with Crippen molar-refractivity contribution in [2.75, 3.05) is 0 Å². The molecule has 0 aromatic carbocycles. The Balaban J connectivity index is 2.83. The fourth-order valence-electron chi connectivity index (χ4n) is 0. The third kappa shape index (κ3) is 4.05. The average molecular weight is 88.2 g/mol. The smallest absolute Gasteiger partial charge is 0.0472 e. The van der Waals surface area contributed by atoms with Gasteiger partial charge in [-0.3, -0.25) is 0 Å². The monoisotopic (exact) mass is 88.0 g/mol. The molecule has 0 aliphatic rings. The van der Waals surface area contributed by atoms with E-state index in [0.717, 1.165) is 0 Å². The van der Waals surface area contributed by atoms with E-state index in [1.807, 2.05) is 0 Å². The van der Waals surface area contributed by atoms with Gasteiger partial charge in [-0.1, -0.05) is 12.2 Å². The van der Waals surface area contributed by atoms with Crippen molar-refractivity contribution < 1.29 is 0 Å². The lowest BCUT2D eigenvalue weighted by Gasteiger charge is -1.82. The summed E-state index contributed by atoms with van der Waals surface area (Å²) in [5.41, 5.74) is 5.08. The largest absolute Gasteiger partial charge is 0.323 e. The summed E-state index contributed by atoms with van der Waals surface area (Å²) in [6.45, 7) is 1.78. The predicted molar refractivity (Wildman–Crippen MR) is 26.2 cm³/mol. The zero-order valence-corrected chi connectivity index (χ0v) is 3.88. The van der Waals surface area contributed by atoms with Crippen LogP contribution in [-0.2, 0) is 0 Å². The van der Waals surface area contributed by atoms with Crippen LogP contribution in [-0.4, -0.2) is 11.4 Å². The molecule has 0 rings (SSSR count). The summed E-state index contributed by atoms with van der Waals surface area (Å²) >= 11 is 4.30. The normalized spacial score (nSPS) is 14.0. The summed E-state index contributed by atoms with van der Waals surface area (Å²) in [5, 5.41) is 2.39. The van der Waals surface area contributed by atoms with E-state index in [4.69, 9.17) is 5.73 Å². The maximum Gasteiger partial charge on any atom is 0.0472 e. The van der Waals surface area contributed by atoms with Crippen LogP contribution in [0.5, 0.6) is 0 Å². The Morgan fingerprint density at radius 2 is 2.20 bits per heavy atom. The number of hydrogen-bond acceptors (Lipinski definition) is 2. The molecule has 0 heterocycles. The lowest BCUT2D eigenvalue weighted by molar-refractivity contribution is 1.01. The molecule has 0 saturated carbocycles. The molecule has 29 valence electrons. The van der Waals surface area contributed by atoms with E-state index >= 15 is 0 Å². The molecule has 2 heteroatoms. The van der Waals surface area contributed by atoms with Crippen LogP contribution in [0.25, 0.3) is 0 Å². The first-order chi connectivity index (χ1) is 2.27. The second-order valence-corrected chi connectivity index (χ2v) is 1.14. The molecule has 0 aliphatic heterocycles. The van der Waals surface area contributed by atoms with Gasteiger partial charge >= 0.3 is 0 Å².